The molecule has 21 heavy (non-hydrogen) atoms. The van der Waals surface area contributed by atoms with Crippen LogP contribution in [0.15, 0.2) is 40.9 Å². The largest absolute Gasteiger partial charge is 0.382 e. The maximum absolute atomic E-state index is 3.76. The molecule has 2 saturated heterocycles. The van der Waals surface area contributed by atoms with Crippen molar-refractivity contribution >= 4 is 32.4 Å². The van der Waals surface area contributed by atoms with Crippen molar-refractivity contribution in [3.05, 3.63) is 40.9 Å². The van der Waals surface area contributed by atoms with E-state index in [1.807, 2.05) is 0 Å². The van der Waals surface area contributed by atoms with E-state index in [1.54, 1.807) is 0 Å². The van der Waals surface area contributed by atoms with Crippen molar-refractivity contribution in [3.8, 4) is 0 Å². The highest BCUT2D eigenvalue weighted by molar-refractivity contribution is 9.10. The van der Waals surface area contributed by atoms with Crippen LogP contribution in [0.4, 0.5) is 5.69 Å². The molecule has 2 aromatic carbocycles. The number of benzene rings is 2. The van der Waals surface area contributed by atoms with Crippen LogP contribution in [0.3, 0.4) is 0 Å². The molecule has 2 fully saturated rings. The van der Waals surface area contributed by atoms with Gasteiger partial charge in [-0.25, -0.2) is 0 Å². The first-order valence-electron chi connectivity index (χ1n) is 7.98. The van der Waals surface area contributed by atoms with Gasteiger partial charge in [0, 0.05) is 28.8 Å². The lowest BCUT2D eigenvalue weighted by atomic mass is 9.97. The van der Waals surface area contributed by atoms with Crippen molar-refractivity contribution in [1.82, 2.24) is 4.90 Å². The molecule has 4 rings (SSSR count). The van der Waals surface area contributed by atoms with Crippen molar-refractivity contribution in [1.29, 1.82) is 0 Å². The minimum absolute atomic E-state index is 0.636. The molecule has 2 nitrogen and oxygen atoms in total. The van der Waals surface area contributed by atoms with Gasteiger partial charge in [-0.05, 0) is 67.3 Å². The molecule has 110 valence electrons. The van der Waals surface area contributed by atoms with Gasteiger partial charge in [-0.1, -0.05) is 28.1 Å². The molecule has 2 aromatic rings. The molecule has 0 radical (unpaired) electrons. The van der Waals surface area contributed by atoms with Gasteiger partial charge in [0.05, 0.1) is 0 Å². The Morgan fingerprint density at radius 2 is 1.86 bits per heavy atom. The quantitative estimate of drug-likeness (QED) is 0.853. The molecule has 2 atom stereocenters. The zero-order chi connectivity index (χ0) is 14.2. The number of piperidine rings is 1. The smallest absolute Gasteiger partial charge is 0.0348 e. The lowest BCUT2D eigenvalue weighted by Gasteiger charge is -2.35. The average molecular weight is 345 g/mol. The van der Waals surface area contributed by atoms with Gasteiger partial charge in [-0.3, -0.25) is 0 Å². The molecule has 1 N–H and O–H groups in total. The fraction of sp³-hybridized carbons (Fsp3) is 0.444. The van der Waals surface area contributed by atoms with Crippen LogP contribution in [0.25, 0.3) is 10.8 Å². The summed E-state index contributed by atoms with van der Waals surface area (Å²) in [5.74, 6) is 0. The molecule has 2 aliphatic rings. The Hall–Kier alpha value is -1.06. The Labute approximate surface area is 134 Å². The summed E-state index contributed by atoms with van der Waals surface area (Å²) in [7, 11) is 0. The van der Waals surface area contributed by atoms with Gasteiger partial charge in [0.2, 0.25) is 0 Å². The van der Waals surface area contributed by atoms with Crippen LogP contribution in [-0.4, -0.2) is 30.1 Å². The maximum Gasteiger partial charge on any atom is 0.0348 e. The fourth-order valence-electron chi connectivity index (χ4n) is 3.90. The zero-order valence-electron chi connectivity index (χ0n) is 12.2. The van der Waals surface area contributed by atoms with Gasteiger partial charge < -0.3 is 10.2 Å². The van der Waals surface area contributed by atoms with E-state index in [9.17, 15) is 0 Å². The SMILES string of the molecule is Brc1ccc2cc(NC3CCN4CCCC4C3)ccc2c1. The standard InChI is InChI=1S/C18H21BrN2/c19-15-5-3-14-11-16(6-4-13(14)10-15)20-17-7-9-21-8-1-2-18(21)12-17/h3-6,10-11,17-18,20H,1-2,7-9,12H2. The Morgan fingerprint density at radius 1 is 1.00 bits per heavy atom. The second kappa shape index (κ2) is 5.62. The number of nitrogens with zero attached hydrogens (tertiary/aromatic N) is 1. The van der Waals surface area contributed by atoms with E-state index in [-0.39, 0.29) is 0 Å². The molecule has 0 saturated carbocycles. The Kier molecular flexibility index (Phi) is 3.64. The third-order valence-corrected chi connectivity index (χ3v) is 5.49. The second-order valence-corrected chi connectivity index (χ2v) is 7.32. The lowest BCUT2D eigenvalue weighted by Crippen LogP contribution is -2.42. The number of halogens is 1. The topological polar surface area (TPSA) is 15.3 Å². The van der Waals surface area contributed by atoms with Crippen molar-refractivity contribution in [3.63, 3.8) is 0 Å². The van der Waals surface area contributed by atoms with Crippen molar-refractivity contribution in [2.24, 2.45) is 0 Å². The summed E-state index contributed by atoms with van der Waals surface area (Å²) >= 11 is 3.54. The summed E-state index contributed by atoms with van der Waals surface area (Å²) in [6.45, 7) is 2.59. The third-order valence-electron chi connectivity index (χ3n) is 4.99. The van der Waals surface area contributed by atoms with E-state index < -0.39 is 0 Å². The Balaban J connectivity index is 1.50. The highest BCUT2D eigenvalue weighted by Gasteiger charge is 2.31. The number of rotatable bonds is 2. The summed E-state index contributed by atoms with van der Waals surface area (Å²) in [6.07, 6.45) is 5.36. The number of hydrogen-bond acceptors (Lipinski definition) is 2. The average Bonchev–Trinajstić information content (AvgIpc) is 2.95. The summed E-state index contributed by atoms with van der Waals surface area (Å²) in [6, 6.07) is 14.7. The summed E-state index contributed by atoms with van der Waals surface area (Å²) in [4.78, 5) is 2.68. The minimum Gasteiger partial charge on any atom is -0.382 e. The highest BCUT2D eigenvalue weighted by Crippen LogP contribution is 2.29. The van der Waals surface area contributed by atoms with Gasteiger partial charge in [-0.15, -0.1) is 0 Å². The van der Waals surface area contributed by atoms with Crippen LogP contribution in [0.2, 0.25) is 0 Å². The second-order valence-electron chi connectivity index (χ2n) is 6.40. The van der Waals surface area contributed by atoms with Crippen LogP contribution < -0.4 is 5.32 Å². The first-order chi connectivity index (χ1) is 10.3. The van der Waals surface area contributed by atoms with Gasteiger partial charge in [0.25, 0.3) is 0 Å². The maximum atomic E-state index is 3.76. The summed E-state index contributed by atoms with van der Waals surface area (Å²) in [5.41, 5.74) is 1.27. The molecule has 0 bridgehead atoms. The first kappa shape index (κ1) is 13.6. The predicted molar refractivity (Wildman–Crippen MR) is 92.9 cm³/mol. The van der Waals surface area contributed by atoms with Gasteiger partial charge in [0.15, 0.2) is 0 Å². The summed E-state index contributed by atoms with van der Waals surface area (Å²) in [5, 5.41) is 6.36. The van der Waals surface area contributed by atoms with Gasteiger partial charge in [0.1, 0.15) is 0 Å². The molecule has 2 unspecified atom stereocenters. The number of anilines is 1. The minimum atomic E-state index is 0.636. The van der Waals surface area contributed by atoms with Gasteiger partial charge >= 0.3 is 0 Å². The molecule has 2 heterocycles. The van der Waals surface area contributed by atoms with E-state index in [1.165, 1.54) is 55.2 Å². The molecule has 0 aromatic heterocycles. The van der Waals surface area contributed by atoms with E-state index in [0.29, 0.717) is 6.04 Å². The van der Waals surface area contributed by atoms with Crippen LogP contribution >= 0.6 is 15.9 Å². The number of nitrogens with one attached hydrogen (secondary N) is 1. The van der Waals surface area contributed by atoms with Crippen LogP contribution in [0.5, 0.6) is 0 Å². The molecule has 0 amide bonds. The van der Waals surface area contributed by atoms with Crippen molar-refractivity contribution < 1.29 is 0 Å². The zero-order valence-corrected chi connectivity index (χ0v) is 13.8. The predicted octanol–water partition coefficient (Wildman–Crippen LogP) is 4.64. The first-order valence-corrected chi connectivity index (χ1v) is 8.77. The van der Waals surface area contributed by atoms with E-state index >= 15 is 0 Å². The molecular formula is C18H21BrN2. The molecule has 0 spiro atoms. The van der Waals surface area contributed by atoms with E-state index in [0.717, 1.165) is 10.5 Å². The van der Waals surface area contributed by atoms with Crippen molar-refractivity contribution in [2.75, 3.05) is 18.4 Å². The van der Waals surface area contributed by atoms with E-state index in [4.69, 9.17) is 0 Å². The summed E-state index contributed by atoms with van der Waals surface area (Å²) < 4.78 is 1.14. The third kappa shape index (κ3) is 2.82. The number of hydrogen-bond donors (Lipinski definition) is 1. The molecule has 2 aliphatic heterocycles. The van der Waals surface area contributed by atoms with Crippen LogP contribution in [0, 0.1) is 0 Å². The molecular weight excluding hydrogens is 324 g/mol. The van der Waals surface area contributed by atoms with E-state index in [2.05, 4.69) is 62.5 Å². The van der Waals surface area contributed by atoms with Crippen LogP contribution in [0.1, 0.15) is 25.7 Å². The molecule has 0 aliphatic carbocycles. The lowest BCUT2D eigenvalue weighted by molar-refractivity contribution is 0.188. The fourth-order valence-corrected chi connectivity index (χ4v) is 4.28. The van der Waals surface area contributed by atoms with Crippen LogP contribution in [-0.2, 0) is 0 Å². The van der Waals surface area contributed by atoms with Crippen molar-refractivity contribution in [2.45, 2.75) is 37.8 Å². The molecule has 3 heteroatoms. The highest BCUT2D eigenvalue weighted by atomic mass is 79.9. The van der Waals surface area contributed by atoms with Gasteiger partial charge in [-0.2, -0.15) is 0 Å². The normalized spacial score (nSPS) is 26.0. The Bertz CT molecular complexity index is 655. The number of fused-ring (bicyclic) bond motifs is 2. The Morgan fingerprint density at radius 3 is 2.81 bits per heavy atom. The monoisotopic (exact) mass is 344 g/mol.